The Morgan fingerprint density at radius 1 is 1.50 bits per heavy atom. The quantitative estimate of drug-likeness (QED) is 0.892. The van der Waals surface area contributed by atoms with Crippen LogP contribution in [0.4, 0.5) is 0 Å². The van der Waals surface area contributed by atoms with Crippen LogP contribution in [0.5, 0.6) is 0 Å². The standard InChI is InChI=1S/C14H15ClN2O2S/c1-9(18)7-16-13(19)6-10-8-20-14(17-10)11-4-2-3-5-12(11)15/h2-5,8-9,18H,6-7H2,1H3,(H,16,19). The number of hydrogen-bond acceptors (Lipinski definition) is 4. The van der Waals surface area contributed by atoms with E-state index in [0.29, 0.717) is 10.7 Å². The minimum Gasteiger partial charge on any atom is -0.392 e. The topological polar surface area (TPSA) is 62.2 Å². The number of halogens is 1. The van der Waals surface area contributed by atoms with Crippen molar-refractivity contribution in [3.05, 3.63) is 40.4 Å². The van der Waals surface area contributed by atoms with Gasteiger partial charge in [0, 0.05) is 17.5 Å². The van der Waals surface area contributed by atoms with Gasteiger partial charge in [-0.2, -0.15) is 0 Å². The molecule has 0 spiro atoms. The lowest BCUT2D eigenvalue weighted by molar-refractivity contribution is -0.120. The Hall–Kier alpha value is -1.43. The smallest absolute Gasteiger partial charge is 0.226 e. The maximum Gasteiger partial charge on any atom is 0.226 e. The Balaban J connectivity index is 2.03. The second kappa shape index (κ2) is 6.83. The summed E-state index contributed by atoms with van der Waals surface area (Å²) < 4.78 is 0. The fraction of sp³-hybridized carbons (Fsp3) is 0.286. The lowest BCUT2D eigenvalue weighted by Gasteiger charge is -2.05. The molecule has 0 aliphatic rings. The van der Waals surface area contributed by atoms with Gasteiger partial charge in [0.25, 0.3) is 0 Å². The molecule has 0 radical (unpaired) electrons. The lowest BCUT2D eigenvalue weighted by atomic mass is 10.2. The molecular formula is C14H15ClN2O2S. The molecule has 1 aromatic carbocycles. The number of benzene rings is 1. The number of aliphatic hydroxyl groups is 1. The van der Waals surface area contributed by atoms with Gasteiger partial charge in [-0.3, -0.25) is 4.79 Å². The van der Waals surface area contributed by atoms with Crippen molar-refractivity contribution >= 4 is 28.8 Å². The first-order chi connectivity index (χ1) is 9.56. The molecule has 2 N–H and O–H groups in total. The third kappa shape index (κ3) is 4.03. The summed E-state index contributed by atoms with van der Waals surface area (Å²) in [7, 11) is 0. The number of carbonyl (C=O) groups excluding carboxylic acids is 1. The maximum absolute atomic E-state index is 11.6. The van der Waals surface area contributed by atoms with Crippen LogP contribution in [-0.4, -0.2) is 28.6 Å². The van der Waals surface area contributed by atoms with E-state index in [-0.39, 0.29) is 18.9 Å². The van der Waals surface area contributed by atoms with Crippen molar-refractivity contribution in [1.29, 1.82) is 0 Å². The molecule has 20 heavy (non-hydrogen) atoms. The van der Waals surface area contributed by atoms with Gasteiger partial charge >= 0.3 is 0 Å². The molecule has 2 rings (SSSR count). The normalized spacial score (nSPS) is 12.2. The predicted octanol–water partition coefficient (Wildman–Crippen LogP) is 2.50. The lowest BCUT2D eigenvalue weighted by Crippen LogP contribution is -2.31. The largest absolute Gasteiger partial charge is 0.392 e. The SMILES string of the molecule is CC(O)CNC(=O)Cc1csc(-c2ccccc2Cl)n1. The highest BCUT2D eigenvalue weighted by atomic mass is 35.5. The number of aromatic nitrogens is 1. The van der Waals surface area contributed by atoms with E-state index in [1.54, 1.807) is 6.92 Å². The highest BCUT2D eigenvalue weighted by molar-refractivity contribution is 7.13. The van der Waals surface area contributed by atoms with Crippen molar-refractivity contribution in [2.75, 3.05) is 6.54 Å². The third-order valence-electron chi connectivity index (χ3n) is 2.59. The first-order valence-electron chi connectivity index (χ1n) is 6.20. The van der Waals surface area contributed by atoms with Crippen molar-refractivity contribution in [1.82, 2.24) is 10.3 Å². The number of nitrogens with zero attached hydrogens (tertiary/aromatic N) is 1. The molecule has 0 saturated heterocycles. The van der Waals surface area contributed by atoms with E-state index >= 15 is 0 Å². The van der Waals surface area contributed by atoms with Crippen LogP contribution in [0, 0.1) is 0 Å². The van der Waals surface area contributed by atoms with Crippen LogP contribution >= 0.6 is 22.9 Å². The second-order valence-electron chi connectivity index (χ2n) is 4.45. The Morgan fingerprint density at radius 3 is 2.95 bits per heavy atom. The predicted molar refractivity (Wildman–Crippen MR) is 81.0 cm³/mol. The van der Waals surface area contributed by atoms with E-state index in [1.807, 2.05) is 29.6 Å². The first-order valence-corrected chi connectivity index (χ1v) is 7.46. The molecule has 0 aliphatic carbocycles. The van der Waals surface area contributed by atoms with Crippen LogP contribution in [0.1, 0.15) is 12.6 Å². The van der Waals surface area contributed by atoms with Gasteiger partial charge in [-0.15, -0.1) is 11.3 Å². The minimum atomic E-state index is -0.548. The zero-order valence-electron chi connectivity index (χ0n) is 11.0. The van der Waals surface area contributed by atoms with Crippen molar-refractivity contribution < 1.29 is 9.90 Å². The van der Waals surface area contributed by atoms with Gasteiger partial charge in [-0.1, -0.05) is 29.8 Å². The average Bonchev–Trinajstić information content (AvgIpc) is 2.85. The van der Waals surface area contributed by atoms with Crippen molar-refractivity contribution in [2.45, 2.75) is 19.4 Å². The Morgan fingerprint density at radius 2 is 2.25 bits per heavy atom. The van der Waals surface area contributed by atoms with Gasteiger partial charge in [-0.25, -0.2) is 4.98 Å². The Bertz CT molecular complexity index is 598. The second-order valence-corrected chi connectivity index (χ2v) is 5.72. The highest BCUT2D eigenvalue weighted by Crippen LogP contribution is 2.30. The van der Waals surface area contributed by atoms with Crippen LogP contribution in [0.3, 0.4) is 0 Å². The molecule has 4 nitrogen and oxygen atoms in total. The van der Waals surface area contributed by atoms with Crippen molar-refractivity contribution in [3.63, 3.8) is 0 Å². The number of aliphatic hydroxyl groups excluding tert-OH is 1. The summed E-state index contributed by atoms with van der Waals surface area (Å²) in [5.41, 5.74) is 1.57. The molecule has 1 heterocycles. The molecule has 0 saturated carbocycles. The average molecular weight is 311 g/mol. The molecule has 1 atom stereocenters. The van der Waals surface area contributed by atoms with E-state index in [4.69, 9.17) is 16.7 Å². The van der Waals surface area contributed by atoms with E-state index < -0.39 is 6.10 Å². The van der Waals surface area contributed by atoms with Gasteiger partial charge in [0.15, 0.2) is 0 Å². The summed E-state index contributed by atoms with van der Waals surface area (Å²) in [6.07, 6.45) is -0.346. The van der Waals surface area contributed by atoms with Gasteiger partial charge in [0.1, 0.15) is 5.01 Å². The summed E-state index contributed by atoms with van der Waals surface area (Å²) >= 11 is 7.58. The van der Waals surface area contributed by atoms with E-state index in [0.717, 1.165) is 10.6 Å². The van der Waals surface area contributed by atoms with Crippen LogP contribution in [0.25, 0.3) is 10.6 Å². The molecule has 0 aliphatic heterocycles. The monoisotopic (exact) mass is 310 g/mol. The zero-order chi connectivity index (χ0) is 14.5. The Labute approximate surface area is 126 Å². The first kappa shape index (κ1) is 15.0. The molecule has 2 aromatic rings. The van der Waals surface area contributed by atoms with Crippen molar-refractivity contribution in [2.24, 2.45) is 0 Å². The number of carbonyl (C=O) groups is 1. The number of rotatable bonds is 5. The summed E-state index contributed by atoms with van der Waals surface area (Å²) in [4.78, 5) is 16.1. The van der Waals surface area contributed by atoms with Gasteiger partial charge in [-0.05, 0) is 13.0 Å². The van der Waals surface area contributed by atoms with Crippen LogP contribution in [0.2, 0.25) is 5.02 Å². The molecule has 0 fully saturated rings. The van der Waals surface area contributed by atoms with E-state index in [1.165, 1.54) is 11.3 Å². The molecule has 0 bridgehead atoms. The summed E-state index contributed by atoms with van der Waals surface area (Å²) in [6.45, 7) is 1.87. The Kier molecular flexibility index (Phi) is 5.11. The molecule has 106 valence electrons. The highest BCUT2D eigenvalue weighted by Gasteiger charge is 2.11. The minimum absolute atomic E-state index is 0.151. The van der Waals surface area contributed by atoms with Gasteiger partial charge in [0.2, 0.25) is 5.91 Å². The van der Waals surface area contributed by atoms with E-state index in [2.05, 4.69) is 10.3 Å². The maximum atomic E-state index is 11.6. The third-order valence-corrected chi connectivity index (χ3v) is 3.85. The molecule has 1 aromatic heterocycles. The molecule has 1 amide bonds. The number of nitrogens with one attached hydrogen (secondary N) is 1. The molecule has 6 heteroatoms. The number of amides is 1. The fourth-order valence-electron chi connectivity index (χ4n) is 1.64. The summed E-state index contributed by atoms with van der Waals surface area (Å²) in [5.74, 6) is -0.151. The van der Waals surface area contributed by atoms with Crippen LogP contribution in [-0.2, 0) is 11.2 Å². The number of thiazole rings is 1. The van der Waals surface area contributed by atoms with Crippen LogP contribution < -0.4 is 5.32 Å². The summed E-state index contributed by atoms with van der Waals surface area (Å²) in [6, 6.07) is 7.48. The molecule has 1 unspecified atom stereocenters. The van der Waals surface area contributed by atoms with Crippen molar-refractivity contribution in [3.8, 4) is 10.6 Å². The summed E-state index contributed by atoms with van der Waals surface area (Å²) in [5, 5.41) is 15.0. The van der Waals surface area contributed by atoms with Gasteiger partial charge in [0.05, 0.1) is 23.2 Å². The zero-order valence-corrected chi connectivity index (χ0v) is 12.5. The molecular weight excluding hydrogens is 296 g/mol. The van der Waals surface area contributed by atoms with E-state index in [9.17, 15) is 4.79 Å². The fourth-order valence-corrected chi connectivity index (χ4v) is 2.77. The van der Waals surface area contributed by atoms with Crippen LogP contribution in [0.15, 0.2) is 29.6 Å². The van der Waals surface area contributed by atoms with Gasteiger partial charge < -0.3 is 10.4 Å². The number of hydrogen-bond donors (Lipinski definition) is 2.